The highest BCUT2D eigenvalue weighted by Crippen LogP contribution is 2.14. The summed E-state index contributed by atoms with van der Waals surface area (Å²) in [4.78, 5) is 157. The number of phenols is 1. The van der Waals surface area contributed by atoms with Gasteiger partial charge in [0.15, 0.2) is 0 Å². The van der Waals surface area contributed by atoms with Crippen molar-refractivity contribution in [1.29, 1.82) is 0 Å². The average molecular weight is 1100 g/mol. The maximum absolute atomic E-state index is 14.2. The Morgan fingerprint density at radius 3 is 1.38 bits per heavy atom. The van der Waals surface area contributed by atoms with Crippen LogP contribution in [0.2, 0.25) is 0 Å². The van der Waals surface area contributed by atoms with E-state index in [2.05, 4.69) is 55.2 Å². The molecule has 28 nitrogen and oxygen atoms in total. The van der Waals surface area contributed by atoms with Crippen LogP contribution in [0.5, 0.6) is 5.75 Å². The van der Waals surface area contributed by atoms with Crippen molar-refractivity contribution >= 4 is 83.7 Å². The van der Waals surface area contributed by atoms with Crippen molar-refractivity contribution in [1.82, 2.24) is 42.5 Å². The number of aromatic hydroxyl groups is 1. The number of nitrogens with one attached hydrogen (secondary N) is 8. The number of thiol groups is 1. The molecule has 0 bridgehead atoms. The molecule has 0 fully saturated rings. The number of carboxylic acid groups (broad SMARTS) is 3. The minimum Gasteiger partial charge on any atom is -0.508 e. The lowest BCUT2D eigenvalue weighted by Gasteiger charge is -2.29. The van der Waals surface area contributed by atoms with Crippen LogP contribution in [-0.4, -0.2) is 169 Å². The van der Waals surface area contributed by atoms with Crippen molar-refractivity contribution < 1.29 is 83.1 Å². The third-order valence-electron chi connectivity index (χ3n) is 11.2. The number of nitrogens with two attached hydrogens (primary N) is 3. The van der Waals surface area contributed by atoms with Crippen molar-refractivity contribution in [3.8, 4) is 5.75 Å². The zero-order chi connectivity index (χ0) is 58.0. The van der Waals surface area contributed by atoms with Gasteiger partial charge in [0.05, 0.1) is 25.0 Å². The van der Waals surface area contributed by atoms with Crippen molar-refractivity contribution in [3.05, 3.63) is 29.8 Å². The number of unbranched alkanes of at least 4 members (excludes halogenated alkanes) is 1. The molecule has 0 saturated carbocycles. The number of primary amides is 1. The van der Waals surface area contributed by atoms with Crippen molar-refractivity contribution in [3.63, 3.8) is 0 Å². The summed E-state index contributed by atoms with van der Waals surface area (Å²) in [5.41, 5.74) is 17.1. The third-order valence-corrected chi connectivity index (χ3v) is 11.6. The number of hydrogen-bond donors (Lipinski definition) is 17. The second kappa shape index (κ2) is 33.7. The van der Waals surface area contributed by atoms with E-state index in [1.807, 2.05) is 0 Å². The van der Waals surface area contributed by atoms with Crippen molar-refractivity contribution in [2.75, 3.05) is 12.3 Å². The lowest BCUT2D eigenvalue weighted by atomic mass is 9.99. The highest BCUT2D eigenvalue weighted by atomic mass is 32.1. The zero-order valence-electron chi connectivity index (χ0n) is 43.0. The molecule has 0 heterocycles. The van der Waals surface area contributed by atoms with Gasteiger partial charge < -0.3 is 85.3 Å². The van der Waals surface area contributed by atoms with Crippen LogP contribution >= 0.6 is 12.6 Å². The first-order valence-electron chi connectivity index (χ1n) is 24.4. The second-order valence-electron chi connectivity index (χ2n) is 18.9. The van der Waals surface area contributed by atoms with E-state index in [1.165, 1.54) is 31.2 Å². The SMILES string of the molecule is CC(C)C[C@H](NC(=O)[C@H](CCCCN)NC(=O)[C@H](CC(C)C)NC(=O)[C@H](CCC(=O)O)NC(=O)[C@@H](NC(=O)[C@@H](N)CS)[C@@H](C)O)C(=O)N[C@@H](CC(N)=O)C(=O)N[C@@H](CC(=O)O)C(=O)N[C@@H](Cc1ccc(O)cc1)C(=O)O. The molecule has 0 aliphatic rings. The Hall–Kier alpha value is -7.11. The predicted molar refractivity (Wildman–Crippen MR) is 273 cm³/mol. The third kappa shape index (κ3) is 25.4. The van der Waals surface area contributed by atoms with Crippen LogP contribution in [0.1, 0.15) is 98.0 Å². The molecule has 1 rings (SSSR count). The molecule has 10 atom stereocenters. The lowest BCUT2D eigenvalue weighted by Crippen LogP contribution is -2.61. The Balaban J connectivity index is 3.50. The molecule has 1 aromatic rings. The van der Waals surface area contributed by atoms with E-state index in [0.717, 1.165) is 0 Å². The number of hydrogen-bond acceptors (Lipinski definition) is 17. The van der Waals surface area contributed by atoms with Crippen LogP contribution in [0, 0.1) is 11.8 Å². The van der Waals surface area contributed by atoms with Crippen molar-refractivity contribution in [2.45, 2.75) is 159 Å². The number of aliphatic hydroxyl groups is 1. The van der Waals surface area contributed by atoms with Gasteiger partial charge in [-0.2, -0.15) is 12.6 Å². The highest BCUT2D eigenvalue weighted by Gasteiger charge is 2.37. The van der Waals surface area contributed by atoms with Crippen molar-refractivity contribution in [2.24, 2.45) is 29.0 Å². The van der Waals surface area contributed by atoms with Crippen LogP contribution in [-0.2, 0) is 64.0 Å². The summed E-state index contributed by atoms with van der Waals surface area (Å²) in [6.45, 7) is 8.09. The molecule has 29 heteroatoms. The number of carboxylic acids is 3. The summed E-state index contributed by atoms with van der Waals surface area (Å²) in [6.07, 6.45) is -4.69. The first kappa shape index (κ1) is 66.9. The second-order valence-corrected chi connectivity index (χ2v) is 19.3. The molecule has 0 spiro atoms. The molecule has 76 heavy (non-hydrogen) atoms. The number of rotatable bonds is 36. The molecule has 0 saturated heterocycles. The van der Waals surface area contributed by atoms with E-state index in [9.17, 15) is 83.1 Å². The lowest BCUT2D eigenvalue weighted by molar-refractivity contribution is -0.144. The smallest absolute Gasteiger partial charge is 0.326 e. The summed E-state index contributed by atoms with van der Waals surface area (Å²) < 4.78 is 0. The summed E-state index contributed by atoms with van der Waals surface area (Å²) in [5.74, 6) is -15.1. The molecule has 0 aromatic heterocycles. The van der Waals surface area contributed by atoms with Crippen LogP contribution in [0.3, 0.4) is 0 Å². The first-order chi connectivity index (χ1) is 35.5. The van der Waals surface area contributed by atoms with Gasteiger partial charge in [-0.3, -0.25) is 52.7 Å². The summed E-state index contributed by atoms with van der Waals surface area (Å²) in [6, 6.07) is -9.07. The Labute approximate surface area is 444 Å². The zero-order valence-corrected chi connectivity index (χ0v) is 43.9. The normalized spacial score (nSPS) is 15.1. The Morgan fingerprint density at radius 2 is 0.961 bits per heavy atom. The van der Waals surface area contributed by atoms with Gasteiger partial charge in [0, 0.05) is 18.6 Å². The first-order valence-corrected chi connectivity index (χ1v) is 25.0. The minimum atomic E-state index is -1.97. The topological polar surface area (TPSA) is 480 Å². The standard InChI is InChI=1S/C47H75N11O17S/c1-22(2)16-30(54-41(68)29(13-14-36(62)63)52-46(73)38(24(5)59)58-39(66)27(49)21-76)42(69)51-28(8-6-7-15-48)40(67)53-31(17-23(3)4)43(70)55-32(19-35(50)61)44(71)56-33(20-37(64)65)45(72)57-34(47(74)75)18-25-9-11-26(60)12-10-25/h9-12,22-24,27-34,38,59-60,76H,6-8,13-21,48-49H2,1-5H3,(H2,50,61)(H,51,69)(H,52,73)(H,53,67)(H,54,68)(H,55,70)(H,56,71)(H,57,72)(H,58,66)(H,62,63)(H,64,65)(H,74,75)/t24-,27+,28+,29+,30+,31+,32+,33+,34+,38+/m1/s1. The number of phenolic OH excluding ortho intramolecular Hbond substituents is 1. The van der Waals surface area contributed by atoms with Gasteiger partial charge in [0.25, 0.3) is 0 Å². The van der Waals surface area contributed by atoms with Crippen LogP contribution in [0.25, 0.3) is 0 Å². The van der Waals surface area contributed by atoms with Gasteiger partial charge in [-0.25, -0.2) is 4.79 Å². The molecule has 9 amide bonds. The van der Waals surface area contributed by atoms with Gasteiger partial charge in [-0.05, 0) is 81.5 Å². The van der Waals surface area contributed by atoms with Crippen LogP contribution in [0.15, 0.2) is 24.3 Å². The van der Waals surface area contributed by atoms with Gasteiger partial charge in [-0.15, -0.1) is 0 Å². The predicted octanol–water partition coefficient (Wildman–Crippen LogP) is -4.03. The molecule has 0 aliphatic carbocycles. The largest absolute Gasteiger partial charge is 0.508 e. The number of aliphatic carboxylic acids is 3. The highest BCUT2D eigenvalue weighted by molar-refractivity contribution is 7.80. The fourth-order valence-corrected chi connectivity index (χ4v) is 7.38. The van der Waals surface area contributed by atoms with E-state index < -0.39 is 157 Å². The maximum Gasteiger partial charge on any atom is 0.326 e. The number of aliphatic hydroxyl groups excluding tert-OH is 1. The minimum absolute atomic E-state index is 0.0705. The number of amides is 9. The molecular formula is C47H75N11O17S. The van der Waals surface area contributed by atoms with Crippen LogP contribution in [0.4, 0.5) is 0 Å². The number of carbonyl (C=O) groups excluding carboxylic acids is 9. The van der Waals surface area contributed by atoms with E-state index in [-0.39, 0.29) is 62.0 Å². The summed E-state index contributed by atoms with van der Waals surface area (Å²) in [5, 5.41) is 67.5. The van der Waals surface area contributed by atoms with Gasteiger partial charge >= 0.3 is 17.9 Å². The van der Waals surface area contributed by atoms with Gasteiger partial charge in [0.1, 0.15) is 54.1 Å². The average Bonchev–Trinajstić information content (AvgIpc) is 3.32. The molecule has 0 aliphatic heterocycles. The van der Waals surface area contributed by atoms with E-state index in [1.54, 1.807) is 27.7 Å². The summed E-state index contributed by atoms with van der Waals surface area (Å²) in [7, 11) is 0. The van der Waals surface area contributed by atoms with Gasteiger partial charge in [-0.1, -0.05) is 39.8 Å². The molecule has 1 aromatic carbocycles. The number of benzene rings is 1. The maximum atomic E-state index is 14.2. The Kier molecular flexibility index (Phi) is 29.7. The van der Waals surface area contributed by atoms with Crippen LogP contribution < -0.4 is 59.7 Å². The Bertz CT molecular complexity index is 2180. The fraction of sp³-hybridized carbons (Fsp3) is 0.617. The Morgan fingerprint density at radius 1 is 0.539 bits per heavy atom. The molecule has 0 unspecified atom stereocenters. The van der Waals surface area contributed by atoms with Gasteiger partial charge in [0.2, 0.25) is 53.2 Å². The van der Waals surface area contributed by atoms with E-state index in [4.69, 9.17) is 17.2 Å². The molecular weight excluding hydrogens is 1020 g/mol. The molecule has 0 radical (unpaired) electrons. The van der Waals surface area contributed by atoms with E-state index in [0.29, 0.717) is 12.0 Å². The molecule has 426 valence electrons. The molecule has 19 N–H and O–H groups in total. The van der Waals surface area contributed by atoms with E-state index >= 15 is 0 Å². The number of carbonyl (C=O) groups is 12. The summed E-state index contributed by atoms with van der Waals surface area (Å²) >= 11 is 3.94. The monoisotopic (exact) mass is 1100 g/mol. The fourth-order valence-electron chi connectivity index (χ4n) is 7.21. The quantitative estimate of drug-likeness (QED) is 0.0225.